The Bertz CT molecular complexity index is 1810. The largest absolute Gasteiger partial charge is 0.493 e. The van der Waals surface area contributed by atoms with Crippen LogP contribution in [0.3, 0.4) is 0 Å². The molecule has 1 unspecified atom stereocenters. The predicted molar refractivity (Wildman–Crippen MR) is 156 cm³/mol. The number of hydrogen-bond acceptors (Lipinski definition) is 7. The summed E-state index contributed by atoms with van der Waals surface area (Å²) in [6, 6.07) is 19.4. The number of nitrogens with zero attached hydrogens (tertiary/aromatic N) is 2. The predicted octanol–water partition coefficient (Wildman–Crippen LogP) is 5.30. The topological polar surface area (TPSA) is 79.1 Å². The van der Waals surface area contributed by atoms with E-state index in [2.05, 4.69) is 4.99 Å². The Balaban J connectivity index is 1.62. The van der Waals surface area contributed by atoms with Gasteiger partial charge in [0.05, 0.1) is 36.1 Å². The molecule has 0 amide bonds. The molecular formula is C30H24Cl2N2O5S. The molecule has 3 aromatic carbocycles. The van der Waals surface area contributed by atoms with Crippen LogP contribution in [0, 0.1) is 0 Å². The van der Waals surface area contributed by atoms with E-state index in [9.17, 15) is 9.59 Å². The number of carbonyl (C=O) groups is 1. The molecule has 0 radical (unpaired) electrons. The van der Waals surface area contributed by atoms with E-state index >= 15 is 0 Å². The Hall–Kier alpha value is -3.85. The number of fused-ring (bicyclic) bond motifs is 1. The number of halogens is 2. The van der Waals surface area contributed by atoms with Gasteiger partial charge in [-0.15, -0.1) is 0 Å². The first-order valence-electron chi connectivity index (χ1n) is 12.2. The van der Waals surface area contributed by atoms with Crippen LogP contribution < -0.4 is 24.4 Å². The number of hydrogen-bond donors (Lipinski definition) is 0. The van der Waals surface area contributed by atoms with Gasteiger partial charge in [0.2, 0.25) is 0 Å². The van der Waals surface area contributed by atoms with Crippen molar-refractivity contribution in [2.24, 2.45) is 4.99 Å². The van der Waals surface area contributed by atoms with Crippen molar-refractivity contribution in [1.82, 2.24) is 4.57 Å². The fourth-order valence-electron chi connectivity index (χ4n) is 4.48. The van der Waals surface area contributed by atoms with Gasteiger partial charge in [-0.05, 0) is 54.0 Å². The molecule has 0 saturated heterocycles. The summed E-state index contributed by atoms with van der Waals surface area (Å²) in [6.45, 7) is 2.08. The first-order chi connectivity index (χ1) is 19.3. The average Bonchev–Trinajstić information content (AvgIpc) is 3.26. The molecule has 4 aromatic rings. The zero-order valence-electron chi connectivity index (χ0n) is 21.8. The molecule has 0 spiro atoms. The second-order valence-electron chi connectivity index (χ2n) is 8.92. The van der Waals surface area contributed by atoms with Crippen LogP contribution in [0.25, 0.3) is 6.08 Å². The number of esters is 1. The standard InChI is InChI=1S/C30H24Cl2N2O5S/c1-17-26(29(36)38-3)27(20-10-12-23(24(13-20)37-2)39-16-18-7-5-4-6-8-18)34-28(35)25(40-30(34)33-17)14-19-9-11-21(31)15-22(19)32/h4-15,27H,16H2,1-3H3/b25-14-. The Kier molecular flexibility index (Phi) is 8.12. The average molecular weight is 596 g/mol. The monoisotopic (exact) mass is 594 g/mol. The number of aromatic nitrogens is 1. The van der Waals surface area contributed by atoms with Crippen LogP contribution in [0.4, 0.5) is 0 Å². The lowest BCUT2D eigenvalue weighted by atomic mass is 9.95. The number of rotatable bonds is 7. The molecule has 5 rings (SSSR count). The van der Waals surface area contributed by atoms with Crippen molar-refractivity contribution in [1.29, 1.82) is 0 Å². The van der Waals surface area contributed by atoms with Gasteiger partial charge in [-0.25, -0.2) is 9.79 Å². The smallest absolute Gasteiger partial charge is 0.338 e. The van der Waals surface area contributed by atoms with E-state index in [1.807, 2.05) is 36.4 Å². The lowest BCUT2D eigenvalue weighted by Gasteiger charge is -2.25. The molecule has 0 fully saturated rings. The van der Waals surface area contributed by atoms with Gasteiger partial charge in [-0.3, -0.25) is 9.36 Å². The summed E-state index contributed by atoms with van der Waals surface area (Å²) in [5, 5.41) is 0.907. The van der Waals surface area contributed by atoms with Gasteiger partial charge in [-0.2, -0.15) is 0 Å². The molecule has 0 aliphatic carbocycles. The highest BCUT2D eigenvalue weighted by Crippen LogP contribution is 2.36. The first kappa shape index (κ1) is 27.7. The number of thiazole rings is 1. The van der Waals surface area contributed by atoms with Crippen LogP contribution in [0.2, 0.25) is 10.0 Å². The van der Waals surface area contributed by atoms with Crippen molar-refractivity contribution >= 4 is 46.6 Å². The van der Waals surface area contributed by atoms with Crippen LogP contribution in [-0.2, 0) is 16.1 Å². The third kappa shape index (κ3) is 5.43. The summed E-state index contributed by atoms with van der Waals surface area (Å²) >= 11 is 13.6. The maximum atomic E-state index is 13.8. The molecule has 0 bridgehead atoms. The minimum atomic E-state index is -0.802. The van der Waals surface area contributed by atoms with E-state index < -0.39 is 12.0 Å². The van der Waals surface area contributed by atoms with Crippen molar-refractivity contribution < 1.29 is 19.0 Å². The Morgan fingerprint density at radius 3 is 2.52 bits per heavy atom. The minimum absolute atomic E-state index is 0.256. The highest BCUT2D eigenvalue weighted by molar-refractivity contribution is 7.07. The molecule has 0 N–H and O–H groups in total. The van der Waals surface area contributed by atoms with Crippen LogP contribution in [-0.4, -0.2) is 24.8 Å². The minimum Gasteiger partial charge on any atom is -0.493 e. The summed E-state index contributed by atoms with van der Waals surface area (Å²) in [6.07, 6.45) is 1.69. The summed E-state index contributed by atoms with van der Waals surface area (Å²) in [5.74, 6) is 0.409. The van der Waals surface area contributed by atoms with Crippen molar-refractivity contribution in [2.75, 3.05) is 14.2 Å². The lowest BCUT2D eigenvalue weighted by molar-refractivity contribution is -0.136. The van der Waals surface area contributed by atoms with E-state index in [4.69, 9.17) is 37.4 Å². The molecular weight excluding hydrogens is 571 g/mol. The maximum Gasteiger partial charge on any atom is 0.338 e. The quantitative estimate of drug-likeness (QED) is 0.271. The molecule has 40 heavy (non-hydrogen) atoms. The van der Waals surface area contributed by atoms with Crippen LogP contribution in [0.1, 0.15) is 29.7 Å². The summed E-state index contributed by atoms with van der Waals surface area (Å²) in [7, 11) is 2.84. The number of benzene rings is 3. The molecule has 10 heteroatoms. The molecule has 7 nitrogen and oxygen atoms in total. The van der Waals surface area contributed by atoms with Crippen molar-refractivity contribution in [3.8, 4) is 11.5 Å². The SMILES string of the molecule is COC(=O)C1=C(C)N=c2s/c(=C\c3ccc(Cl)cc3Cl)c(=O)n2C1c1ccc(OCc2ccccc2)c(OC)c1. The fourth-order valence-corrected chi connectivity index (χ4v) is 5.98. The zero-order valence-corrected chi connectivity index (χ0v) is 24.1. The fraction of sp³-hybridized carbons (Fsp3) is 0.167. The zero-order chi connectivity index (χ0) is 28.4. The lowest BCUT2D eigenvalue weighted by Crippen LogP contribution is -2.39. The van der Waals surface area contributed by atoms with Gasteiger partial charge >= 0.3 is 5.97 Å². The summed E-state index contributed by atoms with van der Waals surface area (Å²) < 4.78 is 18.7. The van der Waals surface area contributed by atoms with Crippen LogP contribution in [0.15, 0.2) is 87.8 Å². The third-order valence-corrected chi connectivity index (χ3v) is 7.96. The van der Waals surface area contributed by atoms with Gasteiger partial charge < -0.3 is 14.2 Å². The summed E-state index contributed by atoms with van der Waals surface area (Å²) in [4.78, 5) is 31.8. The Labute approximate surface area is 244 Å². The van der Waals surface area contributed by atoms with Gasteiger partial charge in [0.25, 0.3) is 5.56 Å². The van der Waals surface area contributed by atoms with E-state index in [1.54, 1.807) is 43.3 Å². The molecule has 2 heterocycles. The van der Waals surface area contributed by atoms with Crippen LogP contribution >= 0.6 is 34.5 Å². The van der Waals surface area contributed by atoms with Gasteiger partial charge in [0.1, 0.15) is 6.61 Å². The normalized spacial score (nSPS) is 14.9. The van der Waals surface area contributed by atoms with E-state index in [1.165, 1.54) is 30.1 Å². The highest BCUT2D eigenvalue weighted by Gasteiger charge is 2.33. The number of allylic oxidation sites excluding steroid dienone is 1. The first-order valence-corrected chi connectivity index (χ1v) is 13.8. The number of carbonyl (C=O) groups excluding carboxylic acids is 1. The van der Waals surface area contributed by atoms with E-state index in [0.717, 1.165) is 5.56 Å². The van der Waals surface area contributed by atoms with Crippen molar-refractivity contribution in [3.05, 3.63) is 124 Å². The second-order valence-corrected chi connectivity index (χ2v) is 10.8. The molecule has 1 atom stereocenters. The number of methoxy groups -OCH3 is 2. The number of ether oxygens (including phenoxy) is 3. The third-order valence-electron chi connectivity index (χ3n) is 6.42. The maximum absolute atomic E-state index is 13.8. The van der Waals surface area contributed by atoms with Gasteiger partial charge in [0.15, 0.2) is 16.3 Å². The Morgan fingerprint density at radius 2 is 1.82 bits per heavy atom. The van der Waals surface area contributed by atoms with Crippen molar-refractivity contribution in [3.63, 3.8) is 0 Å². The van der Waals surface area contributed by atoms with Crippen LogP contribution in [0.5, 0.6) is 11.5 Å². The van der Waals surface area contributed by atoms with Gasteiger partial charge in [0, 0.05) is 10.0 Å². The summed E-state index contributed by atoms with van der Waals surface area (Å²) in [5.41, 5.74) is 2.67. The molecule has 1 aromatic heterocycles. The molecule has 0 saturated carbocycles. The molecule has 1 aliphatic heterocycles. The van der Waals surface area contributed by atoms with Crippen molar-refractivity contribution in [2.45, 2.75) is 19.6 Å². The molecule has 1 aliphatic rings. The van der Waals surface area contributed by atoms with Gasteiger partial charge in [-0.1, -0.05) is 77.0 Å². The highest BCUT2D eigenvalue weighted by atomic mass is 35.5. The van der Waals surface area contributed by atoms with E-state index in [0.29, 0.717) is 54.3 Å². The van der Waals surface area contributed by atoms with E-state index in [-0.39, 0.29) is 11.1 Å². The molecule has 204 valence electrons. The second kappa shape index (κ2) is 11.7. The Morgan fingerprint density at radius 1 is 1.05 bits per heavy atom.